The number of rotatable bonds is 5. The third kappa shape index (κ3) is 5.18. The minimum absolute atomic E-state index is 0.258. The summed E-state index contributed by atoms with van der Waals surface area (Å²) in [6, 6.07) is 4.53. The van der Waals surface area contributed by atoms with Gasteiger partial charge < -0.3 is 9.47 Å². The SMILES string of the molecule is COC1CC(Oc2ccc(C#CCN3CCN(C(C)C)CC3)nc2)C1. The maximum absolute atomic E-state index is 5.86. The van der Waals surface area contributed by atoms with Crippen molar-refractivity contribution < 1.29 is 9.47 Å². The Labute approximate surface area is 151 Å². The van der Waals surface area contributed by atoms with Crippen LogP contribution in [-0.4, -0.2) is 72.9 Å². The topological polar surface area (TPSA) is 37.8 Å². The molecule has 2 fully saturated rings. The molecule has 3 rings (SSSR count). The van der Waals surface area contributed by atoms with Crippen LogP contribution in [-0.2, 0) is 4.74 Å². The van der Waals surface area contributed by atoms with Crippen LogP contribution in [0, 0.1) is 11.8 Å². The molecule has 1 aliphatic carbocycles. The molecule has 0 amide bonds. The van der Waals surface area contributed by atoms with Crippen LogP contribution in [0.4, 0.5) is 0 Å². The highest BCUT2D eigenvalue weighted by Crippen LogP contribution is 2.27. The van der Waals surface area contributed by atoms with Crippen LogP contribution in [0.3, 0.4) is 0 Å². The number of hydrogen-bond donors (Lipinski definition) is 0. The largest absolute Gasteiger partial charge is 0.489 e. The van der Waals surface area contributed by atoms with E-state index in [0.29, 0.717) is 12.1 Å². The standard InChI is InChI=1S/C20H29N3O2/c1-16(2)23-11-9-22(10-12-23)8-4-5-17-6-7-18(15-21-17)25-20-13-19(14-20)24-3/h6-7,15-16,19-20H,8-14H2,1-3H3. The highest BCUT2D eigenvalue weighted by atomic mass is 16.5. The fourth-order valence-corrected chi connectivity index (χ4v) is 3.20. The summed E-state index contributed by atoms with van der Waals surface area (Å²) in [5, 5.41) is 0. The predicted molar refractivity (Wildman–Crippen MR) is 98.7 cm³/mol. The zero-order valence-corrected chi connectivity index (χ0v) is 15.6. The van der Waals surface area contributed by atoms with Crippen LogP contribution in [0.1, 0.15) is 32.4 Å². The van der Waals surface area contributed by atoms with Crippen molar-refractivity contribution in [3.05, 3.63) is 24.0 Å². The molecule has 0 spiro atoms. The van der Waals surface area contributed by atoms with Crippen molar-refractivity contribution in [2.75, 3.05) is 39.8 Å². The lowest BCUT2D eigenvalue weighted by Crippen LogP contribution is -2.48. The highest BCUT2D eigenvalue weighted by molar-refractivity contribution is 5.31. The minimum atomic E-state index is 0.258. The van der Waals surface area contributed by atoms with Crippen molar-refractivity contribution in [1.29, 1.82) is 0 Å². The van der Waals surface area contributed by atoms with E-state index >= 15 is 0 Å². The van der Waals surface area contributed by atoms with Crippen molar-refractivity contribution in [3.63, 3.8) is 0 Å². The Balaban J connectivity index is 1.41. The molecule has 1 saturated heterocycles. The second-order valence-electron chi connectivity index (χ2n) is 7.16. The quantitative estimate of drug-likeness (QED) is 0.765. The van der Waals surface area contributed by atoms with Crippen molar-refractivity contribution >= 4 is 0 Å². The number of piperazine rings is 1. The molecule has 2 aliphatic rings. The second kappa shape index (κ2) is 8.66. The average molecular weight is 343 g/mol. The molecular weight excluding hydrogens is 314 g/mol. The van der Waals surface area contributed by atoms with Gasteiger partial charge in [0.2, 0.25) is 0 Å². The van der Waals surface area contributed by atoms with Crippen LogP contribution < -0.4 is 4.74 Å². The molecule has 0 N–H and O–H groups in total. The van der Waals surface area contributed by atoms with E-state index < -0.39 is 0 Å². The summed E-state index contributed by atoms with van der Waals surface area (Å²) in [7, 11) is 1.75. The number of ether oxygens (including phenoxy) is 2. The Morgan fingerprint density at radius 2 is 1.92 bits per heavy atom. The molecule has 5 nitrogen and oxygen atoms in total. The first-order chi connectivity index (χ1) is 12.1. The lowest BCUT2D eigenvalue weighted by atomic mass is 9.92. The zero-order chi connectivity index (χ0) is 17.6. The molecule has 0 unspecified atom stereocenters. The minimum Gasteiger partial charge on any atom is -0.489 e. The van der Waals surface area contributed by atoms with Crippen molar-refractivity contribution in [1.82, 2.24) is 14.8 Å². The maximum atomic E-state index is 5.86. The first-order valence-electron chi connectivity index (χ1n) is 9.25. The molecule has 0 bridgehead atoms. The summed E-state index contributed by atoms with van der Waals surface area (Å²) in [6.45, 7) is 9.79. The first kappa shape index (κ1) is 18.2. The summed E-state index contributed by atoms with van der Waals surface area (Å²) in [5.41, 5.74) is 0.802. The molecule has 25 heavy (non-hydrogen) atoms. The molecule has 1 aromatic heterocycles. The zero-order valence-electron chi connectivity index (χ0n) is 15.6. The van der Waals surface area contributed by atoms with Gasteiger partial charge in [0.1, 0.15) is 17.5 Å². The summed E-state index contributed by atoms with van der Waals surface area (Å²) in [6.07, 6.45) is 4.30. The van der Waals surface area contributed by atoms with Gasteiger partial charge in [-0.15, -0.1) is 0 Å². The third-order valence-corrected chi connectivity index (χ3v) is 5.08. The van der Waals surface area contributed by atoms with E-state index in [1.807, 2.05) is 12.1 Å². The molecule has 0 radical (unpaired) electrons. The van der Waals surface area contributed by atoms with E-state index in [2.05, 4.69) is 40.5 Å². The molecule has 2 heterocycles. The molecule has 136 valence electrons. The fourth-order valence-electron chi connectivity index (χ4n) is 3.20. The lowest BCUT2D eigenvalue weighted by molar-refractivity contribution is -0.0382. The van der Waals surface area contributed by atoms with Gasteiger partial charge in [-0.1, -0.05) is 5.92 Å². The van der Waals surface area contributed by atoms with E-state index in [1.54, 1.807) is 13.3 Å². The second-order valence-corrected chi connectivity index (χ2v) is 7.16. The van der Waals surface area contributed by atoms with Crippen molar-refractivity contribution in [2.45, 2.75) is 44.9 Å². The van der Waals surface area contributed by atoms with Crippen LogP contribution in [0.2, 0.25) is 0 Å². The summed E-state index contributed by atoms with van der Waals surface area (Å²) in [5.74, 6) is 7.22. The normalized spacial score (nSPS) is 24.5. The van der Waals surface area contributed by atoms with E-state index in [-0.39, 0.29) is 6.10 Å². The summed E-state index contributed by atoms with van der Waals surface area (Å²) >= 11 is 0. The number of hydrogen-bond acceptors (Lipinski definition) is 5. The third-order valence-electron chi connectivity index (χ3n) is 5.08. The number of pyridine rings is 1. The lowest BCUT2D eigenvalue weighted by Gasteiger charge is -2.36. The van der Waals surface area contributed by atoms with E-state index in [4.69, 9.17) is 9.47 Å². The van der Waals surface area contributed by atoms with Gasteiger partial charge in [0.25, 0.3) is 0 Å². The summed E-state index contributed by atoms with van der Waals surface area (Å²) in [4.78, 5) is 9.31. The van der Waals surface area contributed by atoms with Gasteiger partial charge in [-0.05, 0) is 31.9 Å². The molecule has 1 aromatic rings. The smallest absolute Gasteiger partial charge is 0.138 e. The van der Waals surface area contributed by atoms with Crippen LogP contribution in [0.15, 0.2) is 18.3 Å². The Kier molecular flexibility index (Phi) is 6.30. The van der Waals surface area contributed by atoms with Crippen LogP contribution >= 0.6 is 0 Å². The molecule has 0 aromatic carbocycles. The van der Waals surface area contributed by atoms with Gasteiger partial charge in [-0.2, -0.15) is 0 Å². The van der Waals surface area contributed by atoms with Crippen molar-refractivity contribution in [3.8, 4) is 17.6 Å². The monoisotopic (exact) mass is 343 g/mol. The van der Waals surface area contributed by atoms with Gasteiger partial charge in [0.05, 0.1) is 18.8 Å². The van der Waals surface area contributed by atoms with Crippen LogP contribution in [0.5, 0.6) is 5.75 Å². The van der Waals surface area contributed by atoms with E-state index in [9.17, 15) is 0 Å². The Bertz CT molecular complexity index is 592. The Morgan fingerprint density at radius 3 is 2.52 bits per heavy atom. The number of methoxy groups -OCH3 is 1. The highest BCUT2D eigenvalue weighted by Gasteiger charge is 2.30. The number of nitrogens with zero attached hydrogens (tertiary/aromatic N) is 3. The maximum Gasteiger partial charge on any atom is 0.138 e. The molecule has 5 heteroatoms. The van der Waals surface area contributed by atoms with E-state index in [0.717, 1.165) is 57.0 Å². The molecule has 1 aliphatic heterocycles. The Morgan fingerprint density at radius 1 is 1.16 bits per heavy atom. The molecule has 0 atom stereocenters. The summed E-state index contributed by atoms with van der Waals surface area (Å²) < 4.78 is 11.1. The van der Waals surface area contributed by atoms with Crippen LogP contribution in [0.25, 0.3) is 0 Å². The van der Waals surface area contributed by atoms with Gasteiger partial charge in [-0.25, -0.2) is 4.98 Å². The van der Waals surface area contributed by atoms with Crippen molar-refractivity contribution in [2.24, 2.45) is 0 Å². The molecular formula is C20H29N3O2. The predicted octanol–water partition coefficient (Wildman–Crippen LogP) is 2.02. The molecule has 1 saturated carbocycles. The van der Waals surface area contributed by atoms with Gasteiger partial charge in [-0.3, -0.25) is 9.80 Å². The van der Waals surface area contributed by atoms with E-state index in [1.165, 1.54) is 0 Å². The van der Waals surface area contributed by atoms with Gasteiger partial charge in [0.15, 0.2) is 0 Å². The van der Waals surface area contributed by atoms with Gasteiger partial charge in [0, 0.05) is 52.2 Å². The Hall–Kier alpha value is -1.61. The fraction of sp³-hybridized carbons (Fsp3) is 0.650. The first-order valence-corrected chi connectivity index (χ1v) is 9.25. The van der Waals surface area contributed by atoms with Gasteiger partial charge >= 0.3 is 0 Å². The average Bonchev–Trinajstić information content (AvgIpc) is 2.59. The number of aromatic nitrogens is 1.